The molecule has 0 aromatic heterocycles. The highest BCUT2D eigenvalue weighted by molar-refractivity contribution is 5.82. The van der Waals surface area contributed by atoms with Crippen molar-refractivity contribution in [2.75, 3.05) is 19.6 Å². The lowest BCUT2D eigenvalue weighted by Gasteiger charge is -2.44. The van der Waals surface area contributed by atoms with E-state index < -0.39 is 23.7 Å². The molecule has 3 aliphatic heterocycles. The van der Waals surface area contributed by atoms with Crippen molar-refractivity contribution in [2.24, 2.45) is 5.92 Å². The van der Waals surface area contributed by atoms with E-state index in [2.05, 4.69) is 10.2 Å². The van der Waals surface area contributed by atoms with E-state index in [1.54, 1.807) is 20.8 Å². The molecular weight excluding hydrogens is 444 g/mol. The Morgan fingerprint density at radius 2 is 1.69 bits per heavy atom. The molecule has 1 amide bonds. The van der Waals surface area contributed by atoms with Crippen LogP contribution in [0.15, 0.2) is 54.6 Å². The van der Waals surface area contributed by atoms with Gasteiger partial charge in [-0.05, 0) is 75.9 Å². The maximum absolute atomic E-state index is 13.2. The van der Waals surface area contributed by atoms with Crippen molar-refractivity contribution in [3.63, 3.8) is 0 Å². The van der Waals surface area contributed by atoms with Crippen LogP contribution in [0.4, 0.5) is 4.79 Å². The van der Waals surface area contributed by atoms with Crippen molar-refractivity contribution < 1.29 is 23.8 Å². The number of hydrogen-bond acceptors (Lipinski definition) is 6. The van der Waals surface area contributed by atoms with Crippen LogP contribution >= 0.6 is 0 Å². The minimum absolute atomic E-state index is 0.123. The first-order valence-corrected chi connectivity index (χ1v) is 12.4. The van der Waals surface area contributed by atoms with Crippen LogP contribution in [0.5, 0.6) is 5.75 Å². The number of esters is 1. The number of ether oxygens (including phenoxy) is 3. The topological polar surface area (TPSA) is 77.1 Å². The number of alkyl carbamates (subject to hydrolysis) is 1. The lowest BCUT2D eigenvalue weighted by atomic mass is 9.86. The molecule has 2 atom stereocenters. The normalized spacial score (nSPS) is 22.2. The van der Waals surface area contributed by atoms with E-state index in [9.17, 15) is 9.59 Å². The molecule has 7 nitrogen and oxygen atoms in total. The van der Waals surface area contributed by atoms with Gasteiger partial charge < -0.3 is 19.5 Å². The fourth-order valence-corrected chi connectivity index (χ4v) is 4.62. The second kappa shape index (κ2) is 11.1. The lowest BCUT2D eigenvalue weighted by molar-refractivity contribution is -0.161. The summed E-state index contributed by atoms with van der Waals surface area (Å²) in [6, 6.07) is 16.7. The number of amides is 1. The monoisotopic (exact) mass is 480 g/mol. The minimum atomic E-state index is -0.837. The molecule has 1 N–H and O–H groups in total. The summed E-state index contributed by atoms with van der Waals surface area (Å²) in [6.45, 7) is 8.76. The molecule has 7 heteroatoms. The highest BCUT2D eigenvalue weighted by Gasteiger charge is 2.38. The van der Waals surface area contributed by atoms with E-state index in [1.165, 1.54) is 0 Å². The lowest BCUT2D eigenvalue weighted by Crippen LogP contribution is -2.54. The summed E-state index contributed by atoms with van der Waals surface area (Å²) in [4.78, 5) is 28.0. The van der Waals surface area contributed by atoms with Gasteiger partial charge in [-0.15, -0.1) is 0 Å². The van der Waals surface area contributed by atoms with Crippen LogP contribution in [0.2, 0.25) is 0 Å². The predicted molar refractivity (Wildman–Crippen MR) is 133 cm³/mol. The van der Waals surface area contributed by atoms with E-state index >= 15 is 0 Å². The molecule has 5 rings (SSSR count). The van der Waals surface area contributed by atoms with E-state index in [4.69, 9.17) is 14.2 Å². The molecular formula is C28H36N2O5. The highest BCUT2D eigenvalue weighted by atomic mass is 16.6. The van der Waals surface area contributed by atoms with Crippen LogP contribution in [0.25, 0.3) is 0 Å². The van der Waals surface area contributed by atoms with Gasteiger partial charge in [0.15, 0.2) is 0 Å². The van der Waals surface area contributed by atoms with Crippen molar-refractivity contribution in [2.45, 2.75) is 64.4 Å². The van der Waals surface area contributed by atoms with Gasteiger partial charge in [-0.2, -0.15) is 0 Å². The van der Waals surface area contributed by atoms with Crippen molar-refractivity contribution in [3.05, 3.63) is 65.7 Å². The average Bonchev–Trinajstić information content (AvgIpc) is 2.83. The number of nitrogens with one attached hydrogen (secondary N) is 1. The number of hydrogen-bond donors (Lipinski definition) is 1. The zero-order chi connectivity index (χ0) is 24.8. The molecule has 0 radical (unpaired) electrons. The van der Waals surface area contributed by atoms with Gasteiger partial charge in [0, 0.05) is 13.0 Å². The van der Waals surface area contributed by atoms with Gasteiger partial charge in [0.1, 0.15) is 30.1 Å². The molecule has 2 bridgehead atoms. The Morgan fingerprint density at radius 1 is 1.00 bits per heavy atom. The number of piperidine rings is 3. The van der Waals surface area contributed by atoms with Crippen LogP contribution in [-0.4, -0.2) is 54.3 Å². The van der Waals surface area contributed by atoms with Crippen LogP contribution in [0.3, 0.4) is 0 Å². The quantitative estimate of drug-likeness (QED) is 0.567. The fourth-order valence-electron chi connectivity index (χ4n) is 4.62. The van der Waals surface area contributed by atoms with Gasteiger partial charge in [-0.25, -0.2) is 9.59 Å². The number of benzene rings is 2. The third-order valence-corrected chi connectivity index (χ3v) is 6.45. The van der Waals surface area contributed by atoms with E-state index in [0.29, 0.717) is 18.9 Å². The molecule has 3 saturated heterocycles. The third kappa shape index (κ3) is 7.46. The Hall–Kier alpha value is -3.06. The summed E-state index contributed by atoms with van der Waals surface area (Å²) < 4.78 is 17.2. The van der Waals surface area contributed by atoms with E-state index in [-0.39, 0.29) is 6.10 Å². The van der Waals surface area contributed by atoms with Gasteiger partial charge in [-0.3, -0.25) is 4.90 Å². The Labute approximate surface area is 207 Å². The van der Waals surface area contributed by atoms with Crippen LogP contribution in [0.1, 0.15) is 44.7 Å². The molecule has 2 aromatic carbocycles. The van der Waals surface area contributed by atoms with E-state index in [1.807, 2.05) is 54.6 Å². The number of nitrogens with zero attached hydrogens (tertiary/aromatic N) is 1. The fraction of sp³-hybridized carbons (Fsp3) is 0.500. The number of rotatable bonds is 8. The Balaban J connectivity index is 1.39. The number of carbonyl (C=O) groups excluding carboxylic acids is 2. The second-order valence-electron chi connectivity index (χ2n) is 10.4. The van der Waals surface area contributed by atoms with Crippen molar-refractivity contribution >= 4 is 12.1 Å². The molecule has 188 valence electrons. The van der Waals surface area contributed by atoms with Crippen LogP contribution in [0, 0.1) is 5.92 Å². The third-order valence-electron chi connectivity index (χ3n) is 6.45. The maximum atomic E-state index is 13.2. The second-order valence-corrected chi connectivity index (χ2v) is 10.4. The Morgan fingerprint density at radius 3 is 2.29 bits per heavy atom. The number of fused-ring (bicyclic) bond motifs is 3. The first-order chi connectivity index (χ1) is 16.7. The molecule has 3 fully saturated rings. The van der Waals surface area contributed by atoms with Gasteiger partial charge in [0.2, 0.25) is 0 Å². The summed E-state index contributed by atoms with van der Waals surface area (Å²) in [5, 5.41) is 2.74. The Kier molecular flexibility index (Phi) is 7.96. The predicted octanol–water partition coefficient (Wildman–Crippen LogP) is 4.34. The maximum Gasteiger partial charge on any atom is 0.408 e. The van der Waals surface area contributed by atoms with Crippen molar-refractivity contribution in [3.8, 4) is 5.75 Å². The zero-order valence-electron chi connectivity index (χ0n) is 20.9. The number of carbonyl (C=O) groups is 2. The first kappa shape index (κ1) is 25.0. The van der Waals surface area contributed by atoms with Crippen LogP contribution in [-0.2, 0) is 27.3 Å². The van der Waals surface area contributed by atoms with Gasteiger partial charge in [-0.1, -0.05) is 42.5 Å². The smallest absolute Gasteiger partial charge is 0.408 e. The summed E-state index contributed by atoms with van der Waals surface area (Å²) >= 11 is 0. The summed E-state index contributed by atoms with van der Waals surface area (Å²) in [5.41, 5.74) is 1.32. The van der Waals surface area contributed by atoms with Gasteiger partial charge in [0.25, 0.3) is 0 Å². The van der Waals surface area contributed by atoms with Crippen molar-refractivity contribution in [1.82, 2.24) is 10.2 Å². The summed E-state index contributed by atoms with van der Waals surface area (Å²) in [6.07, 6.45) is 1.65. The van der Waals surface area contributed by atoms with Crippen LogP contribution < -0.4 is 10.1 Å². The SMILES string of the molecule is CC(C)(C)OC(=O)N[C@@H](Cc1ccc(OCc2ccccc2)cc1)C(=O)OC1CN2CCC1CC2. The first-order valence-electron chi connectivity index (χ1n) is 12.4. The summed E-state index contributed by atoms with van der Waals surface area (Å²) in [7, 11) is 0. The molecule has 0 spiro atoms. The molecule has 1 unspecified atom stereocenters. The molecule has 3 heterocycles. The largest absolute Gasteiger partial charge is 0.489 e. The summed E-state index contributed by atoms with van der Waals surface area (Å²) in [5.74, 6) is 0.718. The van der Waals surface area contributed by atoms with Gasteiger partial charge in [0.05, 0.1) is 0 Å². The zero-order valence-corrected chi connectivity index (χ0v) is 20.9. The molecule has 0 aliphatic carbocycles. The minimum Gasteiger partial charge on any atom is -0.489 e. The van der Waals surface area contributed by atoms with Gasteiger partial charge >= 0.3 is 12.1 Å². The molecule has 3 aliphatic rings. The Bertz CT molecular complexity index is 979. The molecule has 35 heavy (non-hydrogen) atoms. The molecule has 0 saturated carbocycles. The average molecular weight is 481 g/mol. The standard InChI is InChI=1S/C28H36N2O5/c1-28(2,3)35-27(32)29-24(26(31)34-25-18-30-15-13-22(25)14-16-30)17-20-9-11-23(12-10-20)33-19-21-7-5-4-6-8-21/h4-12,22,24-25H,13-19H2,1-3H3,(H,29,32)/t24-,25?/m0/s1. The van der Waals surface area contributed by atoms with E-state index in [0.717, 1.165) is 49.4 Å². The highest BCUT2D eigenvalue weighted by Crippen LogP contribution is 2.30. The van der Waals surface area contributed by atoms with Crippen molar-refractivity contribution in [1.29, 1.82) is 0 Å². The molecule has 2 aromatic rings.